The molecule has 0 aromatic carbocycles. The molecule has 1 aliphatic carbocycles. The van der Waals surface area contributed by atoms with Crippen molar-refractivity contribution in [3.05, 3.63) is 36.1 Å². The molecule has 0 unspecified atom stereocenters. The van der Waals surface area contributed by atoms with Crippen molar-refractivity contribution in [2.24, 2.45) is 5.41 Å². The van der Waals surface area contributed by atoms with Gasteiger partial charge in [-0.1, -0.05) is 43.6 Å². The fourth-order valence-corrected chi connectivity index (χ4v) is 4.30. The van der Waals surface area contributed by atoms with E-state index < -0.39 is 0 Å². The minimum atomic E-state index is 0.301. The van der Waals surface area contributed by atoms with Crippen LogP contribution in [0.25, 0.3) is 0 Å². The quantitative estimate of drug-likeness (QED) is 0.617. The SMILES string of the molecule is C=C(C)/C=C\C=C(C)N1CC2(CCCCC2)CC1(C)C. The molecule has 20 heavy (non-hydrogen) atoms. The second-order valence-corrected chi connectivity index (χ2v) is 7.65. The van der Waals surface area contributed by atoms with Crippen LogP contribution in [0.1, 0.15) is 66.2 Å². The maximum absolute atomic E-state index is 3.92. The Morgan fingerprint density at radius 2 is 1.75 bits per heavy atom. The number of allylic oxidation sites excluding steroid dienone is 5. The molecule has 0 amide bonds. The number of hydrogen-bond acceptors (Lipinski definition) is 1. The van der Waals surface area contributed by atoms with E-state index in [2.05, 4.69) is 50.5 Å². The molecule has 1 saturated heterocycles. The number of nitrogens with zero attached hydrogens (tertiary/aromatic N) is 1. The van der Waals surface area contributed by atoms with E-state index in [0.29, 0.717) is 11.0 Å². The first-order valence-electron chi connectivity index (χ1n) is 8.13. The predicted molar refractivity (Wildman–Crippen MR) is 88.6 cm³/mol. The number of hydrogen-bond donors (Lipinski definition) is 0. The monoisotopic (exact) mass is 273 g/mol. The summed E-state index contributed by atoms with van der Waals surface area (Å²) in [6.45, 7) is 14.3. The van der Waals surface area contributed by atoms with Crippen LogP contribution in [0.3, 0.4) is 0 Å². The molecular formula is C19H31N. The molecular weight excluding hydrogens is 242 g/mol. The number of likely N-dealkylation sites (tertiary alicyclic amines) is 1. The molecule has 0 aromatic heterocycles. The average molecular weight is 273 g/mol. The van der Waals surface area contributed by atoms with E-state index in [-0.39, 0.29) is 0 Å². The topological polar surface area (TPSA) is 3.24 Å². The fraction of sp³-hybridized carbons (Fsp3) is 0.684. The Hall–Kier alpha value is -0.980. The van der Waals surface area contributed by atoms with Gasteiger partial charge < -0.3 is 4.90 Å². The Balaban J connectivity index is 2.12. The summed E-state index contributed by atoms with van der Waals surface area (Å²) in [6, 6.07) is 0. The smallest absolute Gasteiger partial charge is 0.0349 e. The van der Waals surface area contributed by atoms with Crippen molar-refractivity contribution < 1.29 is 0 Å². The third kappa shape index (κ3) is 3.37. The van der Waals surface area contributed by atoms with E-state index in [1.165, 1.54) is 50.8 Å². The van der Waals surface area contributed by atoms with Gasteiger partial charge in [-0.25, -0.2) is 0 Å². The Labute approximate surface area is 125 Å². The van der Waals surface area contributed by atoms with Gasteiger partial charge in [-0.3, -0.25) is 0 Å². The zero-order chi connectivity index (χ0) is 14.8. The molecule has 0 atom stereocenters. The van der Waals surface area contributed by atoms with Gasteiger partial charge in [0.05, 0.1) is 0 Å². The maximum atomic E-state index is 3.92. The van der Waals surface area contributed by atoms with Crippen molar-refractivity contribution in [2.45, 2.75) is 71.8 Å². The summed E-state index contributed by atoms with van der Waals surface area (Å²) in [6.07, 6.45) is 15.0. The van der Waals surface area contributed by atoms with Crippen LogP contribution in [0.2, 0.25) is 0 Å². The largest absolute Gasteiger partial charge is 0.369 e. The van der Waals surface area contributed by atoms with Gasteiger partial charge in [0.1, 0.15) is 0 Å². The summed E-state index contributed by atoms with van der Waals surface area (Å²) in [5, 5.41) is 0. The van der Waals surface area contributed by atoms with Crippen molar-refractivity contribution in [3.63, 3.8) is 0 Å². The molecule has 2 aliphatic rings. The molecule has 2 fully saturated rings. The van der Waals surface area contributed by atoms with Gasteiger partial charge >= 0.3 is 0 Å². The van der Waals surface area contributed by atoms with Gasteiger partial charge in [-0.05, 0) is 58.4 Å². The molecule has 2 rings (SSSR count). The van der Waals surface area contributed by atoms with Crippen molar-refractivity contribution in [3.8, 4) is 0 Å². The summed E-state index contributed by atoms with van der Waals surface area (Å²) < 4.78 is 0. The van der Waals surface area contributed by atoms with Crippen molar-refractivity contribution in [1.82, 2.24) is 4.90 Å². The highest BCUT2D eigenvalue weighted by atomic mass is 15.2. The van der Waals surface area contributed by atoms with Crippen molar-refractivity contribution in [2.75, 3.05) is 6.54 Å². The van der Waals surface area contributed by atoms with Gasteiger partial charge in [0.25, 0.3) is 0 Å². The van der Waals surface area contributed by atoms with Crippen LogP contribution in [0.5, 0.6) is 0 Å². The molecule has 1 heteroatoms. The highest BCUT2D eigenvalue weighted by molar-refractivity contribution is 5.21. The molecule has 0 aromatic rings. The van der Waals surface area contributed by atoms with Gasteiger partial charge in [0.15, 0.2) is 0 Å². The minimum absolute atomic E-state index is 0.301. The van der Waals surface area contributed by atoms with Crippen LogP contribution in [0.15, 0.2) is 36.1 Å². The lowest BCUT2D eigenvalue weighted by atomic mass is 9.71. The lowest BCUT2D eigenvalue weighted by molar-refractivity contribution is 0.197. The zero-order valence-electron chi connectivity index (χ0n) is 13.8. The molecule has 0 radical (unpaired) electrons. The summed E-state index contributed by atoms with van der Waals surface area (Å²) in [5.74, 6) is 0. The van der Waals surface area contributed by atoms with E-state index in [1.54, 1.807) is 0 Å². The Bertz CT molecular complexity index is 419. The third-order valence-corrected chi connectivity index (χ3v) is 5.09. The van der Waals surface area contributed by atoms with Gasteiger partial charge in [-0.2, -0.15) is 0 Å². The van der Waals surface area contributed by atoms with E-state index in [0.717, 1.165) is 5.57 Å². The lowest BCUT2D eigenvalue weighted by Gasteiger charge is -2.34. The Morgan fingerprint density at radius 3 is 2.35 bits per heavy atom. The van der Waals surface area contributed by atoms with E-state index in [4.69, 9.17) is 0 Å². The molecule has 112 valence electrons. The molecule has 1 nitrogen and oxygen atoms in total. The van der Waals surface area contributed by atoms with Crippen LogP contribution >= 0.6 is 0 Å². The minimum Gasteiger partial charge on any atom is -0.369 e. The van der Waals surface area contributed by atoms with Crippen molar-refractivity contribution >= 4 is 0 Å². The van der Waals surface area contributed by atoms with Crippen LogP contribution in [-0.2, 0) is 0 Å². The first-order valence-corrected chi connectivity index (χ1v) is 8.13. The molecule has 0 N–H and O–H groups in total. The predicted octanol–water partition coefficient (Wildman–Crippen LogP) is 5.46. The van der Waals surface area contributed by atoms with E-state index >= 15 is 0 Å². The van der Waals surface area contributed by atoms with Gasteiger partial charge in [0, 0.05) is 17.8 Å². The first-order chi connectivity index (χ1) is 9.35. The second-order valence-electron chi connectivity index (χ2n) is 7.65. The number of rotatable bonds is 3. The summed E-state index contributed by atoms with van der Waals surface area (Å²) >= 11 is 0. The molecule has 1 heterocycles. The van der Waals surface area contributed by atoms with Gasteiger partial charge in [-0.15, -0.1) is 0 Å². The van der Waals surface area contributed by atoms with Crippen LogP contribution in [-0.4, -0.2) is 17.0 Å². The maximum Gasteiger partial charge on any atom is 0.0349 e. The van der Waals surface area contributed by atoms with Gasteiger partial charge in [0.2, 0.25) is 0 Å². The van der Waals surface area contributed by atoms with Crippen molar-refractivity contribution in [1.29, 1.82) is 0 Å². The molecule has 0 bridgehead atoms. The molecule has 1 aliphatic heterocycles. The first kappa shape index (κ1) is 15.4. The van der Waals surface area contributed by atoms with Crippen LogP contribution in [0.4, 0.5) is 0 Å². The van der Waals surface area contributed by atoms with E-state index in [1.807, 2.05) is 6.92 Å². The second kappa shape index (κ2) is 5.79. The molecule has 1 spiro atoms. The lowest BCUT2D eigenvalue weighted by Crippen LogP contribution is -2.36. The normalized spacial score (nSPS) is 25.6. The average Bonchev–Trinajstić information content (AvgIpc) is 2.60. The van der Waals surface area contributed by atoms with E-state index in [9.17, 15) is 0 Å². The van der Waals surface area contributed by atoms with Crippen LogP contribution in [0, 0.1) is 5.41 Å². The summed E-state index contributed by atoms with van der Waals surface area (Å²) in [7, 11) is 0. The summed E-state index contributed by atoms with van der Waals surface area (Å²) in [4.78, 5) is 2.64. The summed E-state index contributed by atoms with van der Waals surface area (Å²) in [5.41, 5.74) is 3.40. The third-order valence-electron chi connectivity index (χ3n) is 5.09. The highest BCUT2D eigenvalue weighted by Gasteiger charge is 2.48. The zero-order valence-corrected chi connectivity index (χ0v) is 13.8. The molecule has 1 saturated carbocycles. The highest BCUT2D eigenvalue weighted by Crippen LogP contribution is 2.51. The Kier molecular flexibility index (Phi) is 4.46. The Morgan fingerprint density at radius 1 is 1.10 bits per heavy atom. The fourth-order valence-electron chi connectivity index (χ4n) is 4.30. The van der Waals surface area contributed by atoms with Crippen LogP contribution < -0.4 is 0 Å². The standard InChI is InChI=1S/C19H31N/c1-16(2)10-9-11-17(3)20-15-19(14-18(20,4)5)12-7-6-8-13-19/h9-11H,1,6-8,12-15H2,2-5H3/b10-9-,17-11?.